The van der Waals surface area contributed by atoms with E-state index in [9.17, 15) is 0 Å². The Morgan fingerprint density at radius 2 is 2.11 bits per heavy atom. The summed E-state index contributed by atoms with van der Waals surface area (Å²) in [6.45, 7) is 3.13. The minimum Gasteiger partial charge on any atom is -0.481 e. The number of ether oxygens (including phenoxy) is 1. The van der Waals surface area contributed by atoms with Gasteiger partial charge in [0, 0.05) is 18.7 Å². The summed E-state index contributed by atoms with van der Waals surface area (Å²) in [7, 11) is 1.66. The Kier molecular flexibility index (Phi) is 5.00. The zero-order chi connectivity index (χ0) is 12.8. The minimum atomic E-state index is 0.582. The van der Waals surface area contributed by atoms with Gasteiger partial charge in [0.1, 0.15) is 0 Å². The van der Waals surface area contributed by atoms with Crippen LogP contribution in [0.25, 0.3) is 0 Å². The van der Waals surface area contributed by atoms with Crippen molar-refractivity contribution in [3.63, 3.8) is 0 Å². The fraction of sp³-hybridized carbons (Fsp3) is 0.667. The van der Waals surface area contributed by atoms with E-state index in [4.69, 9.17) is 4.74 Å². The van der Waals surface area contributed by atoms with Gasteiger partial charge in [-0.1, -0.05) is 25.3 Å². The van der Waals surface area contributed by atoms with Gasteiger partial charge in [0.25, 0.3) is 0 Å². The molecule has 1 aromatic rings. The molecule has 1 unspecified atom stereocenters. The molecule has 1 aromatic heterocycles. The lowest BCUT2D eigenvalue weighted by atomic mass is 9.84. The van der Waals surface area contributed by atoms with E-state index in [1.54, 1.807) is 7.11 Å². The molecule has 1 atom stereocenters. The molecule has 0 amide bonds. The standard InChI is InChI=1S/C15H24N2O/c1-12(13-7-4-3-5-8-13)16-11-14-9-6-10-15(17-14)18-2/h6,9-10,12-13,16H,3-5,7-8,11H2,1-2H3. The fourth-order valence-electron chi connectivity index (χ4n) is 2.74. The van der Waals surface area contributed by atoms with E-state index >= 15 is 0 Å². The summed E-state index contributed by atoms with van der Waals surface area (Å²) >= 11 is 0. The van der Waals surface area contributed by atoms with Crippen LogP contribution in [0.3, 0.4) is 0 Å². The van der Waals surface area contributed by atoms with Crippen LogP contribution in [0.5, 0.6) is 5.88 Å². The van der Waals surface area contributed by atoms with Crippen molar-refractivity contribution in [3.8, 4) is 5.88 Å². The van der Waals surface area contributed by atoms with Crippen molar-refractivity contribution < 1.29 is 4.74 Å². The number of pyridine rings is 1. The Bertz CT molecular complexity index is 361. The highest BCUT2D eigenvalue weighted by Crippen LogP contribution is 2.26. The third kappa shape index (κ3) is 3.70. The molecule has 0 aliphatic heterocycles. The molecule has 0 radical (unpaired) electrons. The summed E-state index contributed by atoms with van der Waals surface area (Å²) in [4.78, 5) is 4.42. The first-order valence-electron chi connectivity index (χ1n) is 7.03. The molecule has 2 rings (SSSR count). The lowest BCUT2D eigenvalue weighted by molar-refractivity contribution is 0.279. The van der Waals surface area contributed by atoms with Crippen LogP contribution in [0.1, 0.15) is 44.7 Å². The normalized spacial score (nSPS) is 18.6. The lowest BCUT2D eigenvalue weighted by Gasteiger charge is -2.28. The minimum absolute atomic E-state index is 0.582. The molecule has 3 heteroatoms. The van der Waals surface area contributed by atoms with Crippen LogP contribution in [0.2, 0.25) is 0 Å². The lowest BCUT2D eigenvalue weighted by Crippen LogP contribution is -2.34. The first-order chi connectivity index (χ1) is 8.79. The van der Waals surface area contributed by atoms with Crippen molar-refractivity contribution in [2.45, 2.75) is 51.6 Å². The van der Waals surface area contributed by atoms with Crippen LogP contribution >= 0.6 is 0 Å². The smallest absolute Gasteiger partial charge is 0.213 e. The third-order valence-corrected chi connectivity index (χ3v) is 3.95. The van der Waals surface area contributed by atoms with Gasteiger partial charge in [-0.2, -0.15) is 0 Å². The highest BCUT2D eigenvalue weighted by molar-refractivity contribution is 5.15. The summed E-state index contributed by atoms with van der Waals surface area (Å²) in [5.74, 6) is 1.53. The molecular formula is C15H24N2O. The van der Waals surface area contributed by atoms with Gasteiger partial charge in [-0.25, -0.2) is 4.98 Å². The Morgan fingerprint density at radius 3 is 2.83 bits per heavy atom. The molecule has 3 nitrogen and oxygen atoms in total. The first kappa shape index (κ1) is 13.3. The highest BCUT2D eigenvalue weighted by atomic mass is 16.5. The number of hydrogen-bond donors (Lipinski definition) is 1. The number of hydrogen-bond acceptors (Lipinski definition) is 3. The van der Waals surface area contributed by atoms with E-state index < -0.39 is 0 Å². The molecule has 1 aliphatic carbocycles. The van der Waals surface area contributed by atoms with E-state index in [0.29, 0.717) is 11.9 Å². The van der Waals surface area contributed by atoms with Crippen LogP contribution < -0.4 is 10.1 Å². The number of methoxy groups -OCH3 is 1. The third-order valence-electron chi connectivity index (χ3n) is 3.95. The van der Waals surface area contributed by atoms with Crippen LogP contribution in [0.15, 0.2) is 18.2 Å². The maximum absolute atomic E-state index is 5.14. The van der Waals surface area contributed by atoms with Crippen LogP contribution in [0, 0.1) is 5.92 Å². The molecule has 1 saturated carbocycles. The van der Waals surface area contributed by atoms with Crippen molar-refractivity contribution >= 4 is 0 Å². The predicted octanol–water partition coefficient (Wildman–Crippen LogP) is 3.15. The van der Waals surface area contributed by atoms with Crippen molar-refractivity contribution in [2.24, 2.45) is 5.92 Å². The number of aromatic nitrogens is 1. The highest BCUT2D eigenvalue weighted by Gasteiger charge is 2.19. The van der Waals surface area contributed by atoms with Crippen LogP contribution in [-0.2, 0) is 6.54 Å². The summed E-state index contributed by atoms with van der Waals surface area (Å²) < 4.78 is 5.14. The summed E-state index contributed by atoms with van der Waals surface area (Å²) in [5.41, 5.74) is 1.05. The van der Waals surface area contributed by atoms with Crippen molar-refractivity contribution in [3.05, 3.63) is 23.9 Å². The molecule has 1 aliphatic rings. The second-order valence-electron chi connectivity index (χ2n) is 5.24. The SMILES string of the molecule is COc1cccc(CNC(C)C2CCCCC2)n1. The average molecular weight is 248 g/mol. The first-order valence-corrected chi connectivity index (χ1v) is 7.03. The maximum atomic E-state index is 5.14. The number of nitrogens with one attached hydrogen (secondary N) is 1. The number of nitrogens with zero attached hydrogens (tertiary/aromatic N) is 1. The van der Waals surface area contributed by atoms with Gasteiger partial charge in [-0.15, -0.1) is 0 Å². The second kappa shape index (κ2) is 6.74. The zero-order valence-electron chi connectivity index (χ0n) is 11.5. The molecule has 1 heterocycles. The summed E-state index contributed by atoms with van der Waals surface area (Å²) in [6.07, 6.45) is 6.96. The number of rotatable bonds is 5. The van der Waals surface area contributed by atoms with Crippen LogP contribution in [-0.4, -0.2) is 18.1 Å². The Balaban J connectivity index is 1.82. The second-order valence-corrected chi connectivity index (χ2v) is 5.24. The summed E-state index contributed by atoms with van der Waals surface area (Å²) in [6, 6.07) is 6.50. The summed E-state index contributed by atoms with van der Waals surface area (Å²) in [5, 5.41) is 3.60. The van der Waals surface area contributed by atoms with Gasteiger partial charge in [0.15, 0.2) is 0 Å². The van der Waals surface area contributed by atoms with Gasteiger partial charge in [0.05, 0.1) is 12.8 Å². The van der Waals surface area contributed by atoms with E-state index in [2.05, 4.69) is 17.2 Å². The average Bonchev–Trinajstić information content (AvgIpc) is 2.46. The molecule has 0 aromatic carbocycles. The van der Waals surface area contributed by atoms with E-state index in [-0.39, 0.29) is 0 Å². The van der Waals surface area contributed by atoms with Gasteiger partial charge >= 0.3 is 0 Å². The van der Waals surface area contributed by atoms with E-state index in [1.165, 1.54) is 32.1 Å². The van der Waals surface area contributed by atoms with Gasteiger partial charge in [0.2, 0.25) is 5.88 Å². The largest absolute Gasteiger partial charge is 0.481 e. The predicted molar refractivity (Wildman–Crippen MR) is 73.7 cm³/mol. The van der Waals surface area contributed by atoms with Gasteiger partial charge < -0.3 is 10.1 Å². The van der Waals surface area contributed by atoms with E-state index in [1.807, 2.05) is 18.2 Å². The molecule has 1 fully saturated rings. The Hall–Kier alpha value is -1.09. The quantitative estimate of drug-likeness (QED) is 0.869. The topological polar surface area (TPSA) is 34.1 Å². The fourth-order valence-corrected chi connectivity index (χ4v) is 2.74. The van der Waals surface area contributed by atoms with Crippen molar-refractivity contribution in [1.29, 1.82) is 0 Å². The molecule has 1 N–H and O–H groups in total. The van der Waals surface area contributed by atoms with E-state index in [0.717, 1.165) is 18.2 Å². The molecular weight excluding hydrogens is 224 g/mol. The molecule has 0 saturated heterocycles. The molecule has 100 valence electrons. The van der Waals surface area contributed by atoms with Crippen molar-refractivity contribution in [1.82, 2.24) is 10.3 Å². The maximum Gasteiger partial charge on any atom is 0.213 e. The Labute approximate surface area is 110 Å². The Morgan fingerprint density at radius 1 is 1.33 bits per heavy atom. The molecule has 0 bridgehead atoms. The molecule has 18 heavy (non-hydrogen) atoms. The van der Waals surface area contributed by atoms with Gasteiger partial charge in [-0.05, 0) is 31.7 Å². The van der Waals surface area contributed by atoms with Crippen molar-refractivity contribution in [2.75, 3.05) is 7.11 Å². The van der Waals surface area contributed by atoms with Gasteiger partial charge in [-0.3, -0.25) is 0 Å². The zero-order valence-corrected chi connectivity index (χ0v) is 11.5. The molecule has 0 spiro atoms. The monoisotopic (exact) mass is 248 g/mol. The van der Waals surface area contributed by atoms with Crippen LogP contribution in [0.4, 0.5) is 0 Å².